The largest absolute Gasteiger partial charge is 0.456 e. The molecule has 1 heteroatoms. The van der Waals surface area contributed by atoms with Gasteiger partial charge in [0.15, 0.2) is 0 Å². The van der Waals surface area contributed by atoms with Gasteiger partial charge in [0.2, 0.25) is 0 Å². The van der Waals surface area contributed by atoms with Crippen molar-refractivity contribution in [2.24, 2.45) is 0 Å². The summed E-state index contributed by atoms with van der Waals surface area (Å²) >= 11 is 0. The Morgan fingerprint density at radius 3 is 1.49 bits per heavy atom. The predicted molar refractivity (Wildman–Crippen MR) is 208 cm³/mol. The molecule has 0 unspecified atom stereocenters. The van der Waals surface area contributed by atoms with Gasteiger partial charge >= 0.3 is 0 Å². The first-order chi connectivity index (χ1) is 25.6. The monoisotopic (exact) mass is 625 g/mol. The van der Waals surface area contributed by atoms with Crippen LogP contribution in [-0.2, 0) is 0 Å². The van der Waals surface area contributed by atoms with Crippen molar-refractivity contribution >= 4 is 54.3 Å². The van der Waals surface area contributed by atoms with E-state index < -0.39 is 0 Å². The van der Waals surface area contributed by atoms with Crippen LogP contribution in [0, 0.1) is 0 Å². The van der Waals surface area contributed by atoms with Crippen molar-refractivity contribution in [2.45, 2.75) is 0 Å². The molecule has 49 heavy (non-hydrogen) atoms. The molecule has 0 radical (unpaired) electrons. The number of fused-ring (bicyclic) bond motifs is 6. The van der Waals surface area contributed by atoms with E-state index in [-0.39, 0.29) is 18.1 Å². The summed E-state index contributed by atoms with van der Waals surface area (Å²) in [6.07, 6.45) is 0. The Morgan fingerprint density at radius 2 is 0.857 bits per heavy atom. The molecule has 0 spiro atoms. The molecule has 9 aromatic carbocycles. The summed E-state index contributed by atoms with van der Waals surface area (Å²) in [5, 5.41) is 8.37. The predicted octanol–water partition coefficient (Wildman–Crippen LogP) is 13.7. The fourth-order valence-electron chi connectivity index (χ4n) is 7.50. The van der Waals surface area contributed by atoms with Gasteiger partial charge in [0, 0.05) is 10.8 Å². The second-order valence-corrected chi connectivity index (χ2v) is 12.6. The molecule has 0 bridgehead atoms. The molecule has 0 aliphatic rings. The quantitative estimate of drug-likeness (QED) is 0.177. The Kier molecular flexibility index (Phi) is 5.58. The van der Waals surface area contributed by atoms with Gasteiger partial charge in [-0.2, -0.15) is 0 Å². The third-order valence-electron chi connectivity index (χ3n) is 9.75. The molecule has 10 aromatic rings. The van der Waals surface area contributed by atoms with E-state index in [1.807, 2.05) is 91.0 Å². The van der Waals surface area contributed by atoms with E-state index in [0.717, 1.165) is 76.7 Å². The third-order valence-corrected chi connectivity index (χ3v) is 9.75. The molecule has 0 saturated carbocycles. The molecule has 0 fully saturated rings. The summed E-state index contributed by atoms with van der Waals surface area (Å²) in [5.41, 5.74) is 7.96. The Balaban J connectivity index is 1.28. The van der Waals surface area contributed by atoms with Crippen molar-refractivity contribution in [2.75, 3.05) is 0 Å². The van der Waals surface area contributed by atoms with Gasteiger partial charge in [-0.3, -0.25) is 0 Å². The SMILES string of the molecule is [2H]c1c([2H])c(-c2ccccc2)c(-c2ccccc2)c([2H])c1-c1c2ccccc2c(-c2ccc3c(c2)oc2cc4ccccc4cc23)c2ccccc12. The van der Waals surface area contributed by atoms with Gasteiger partial charge in [0.1, 0.15) is 11.2 Å². The maximum atomic E-state index is 9.90. The van der Waals surface area contributed by atoms with Gasteiger partial charge in [0.05, 0.1) is 4.11 Å². The lowest BCUT2D eigenvalue weighted by molar-refractivity contribution is 0.669. The Morgan fingerprint density at radius 1 is 0.347 bits per heavy atom. The molecule has 0 amide bonds. The van der Waals surface area contributed by atoms with Gasteiger partial charge in [-0.1, -0.05) is 152 Å². The first kappa shape index (κ1) is 24.7. The van der Waals surface area contributed by atoms with Crippen LogP contribution in [0.3, 0.4) is 0 Å². The zero-order valence-electron chi connectivity index (χ0n) is 29.5. The van der Waals surface area contributed by atoms with Gasteiger partial charge in [0.25, 0.3) is 0 Å². The first-order valence-corrected chi connectivity index (χ1v) is 16.6. The lowest BCUT2D eigenvalue weighted by atomic mass is 9.84. The van der Waals surface area contributed by atoms with Crippen LogP contribution < -0.4 is 0 Å². The average molecular weight is 626 g/mol. The molecule has 0 saturated heterocycles. The fourth-order valence-corrected chi connectivity index (χ4v) is 7.50. The van der Waals surface area contributed by atoms with E-state index in [2.05, 4.69) is 72.8 Å². The summed E-state index contributed by atoms with van der Waals surface area (Å²) in [5.74, 6) is 0. The summed E-state index contributed by atoms with van der Waals surface area (Å²) in [6.45, 7) is 0. The van der Waals surface area contributed by atoms with E-state index in [9.17, 15) is 4.11 Å². The second-order valence-electron chi connectivity index (χ2n) is 12.6. The maximum absolute atomic E-state index is 9.90. The molecular formula is C48H30O. The zero-order chi connectivity index (χ0) is 34.9. The van der Waals surface area contributed by atoms with Crippen LogP contribution in [0.5, 0.6) is 0 Å². The van der Waals surface area contributed by atoms with Crippen molar-refractivity contribution in [3.05, 3.63) is 182 Å². The van der Waals surface area contributed by atoms with Crippen LogP contribution >= 0.6 is 0 Å². The third kappa shape index (κ3) is 4.47. The minimum absolute atomic E-state index is 0.0441. The van der Waals surface area contributed by atoms with Crippen LogP contribution in [0.15, 0.2) is 186 Å². The molecule has 0 aliphatic carbocycles. The van der Waals surface area contributed by atoms with Gasteiger partial charge in [-0.25, -0.2) is 0 Å². The number of hydrogen-bond acceptors (Lipinski definition) is 1. The molecule has 1 aromatic heterocycles. The standard InChI is InChI=1S/C48H30O/c1-3-13-31(14-4-1)37-25-23-35(28-43(37)32-15-5-2-6-16-32)47-39-19-9-11-21-41(39)48(42-22-12-10-20-40(42)47)36-24-26-38-44-27-33-17-7-8-18-34(33)29-46(44)49-45(38)30-36/h1-30H/i23D,25D,28D. The summed E-state index contributed by atoms with van der Waals surface area (Å²) < 4.78 is 35.5. The number of hydrogen-bond donors (Lipinski definition) is 0. The van der Waals surface area contributed by atoms with Crippen LogP contribution in [0.25, 0.3) is 98.8 Å². The molecular weight excluding hydrogens is 593 g/mol. The second kappa shape index (κ2) is 11.1. The van der Waals surface area contributed by atoms with Gasteiger partial charge < -0.3 is 4.42 Å². The lowest BCUT2D eigenvalue weighted by Crippen LogP contribution is -1.92. The Labute approximate surface area is 288 Å². The first-order valence-electron chi connectivity index (χ1n) is 18.1. The molecule has 228 valence electrons. The van der Waals surface area contributed by atoms with Crippen molar-refractivity contribution < 1.29 is 8.53 Å². The van der Waals surface area contributed by atoms with Crippen molar-refractivity contribution in [1.82, 2.24) is 0 Å². The molecule has 1 nitrogen and oxygen atoms in total. The number of rotatable bonds is 4. The highest BCUT2D eigenvalue weighted by atomic mass is 16.3. The highest BCUT2D eigenvalue weighted by Crippen LogP contribution is 2.46. The summed E-state index contributed by atoms with van der Waals surface area (Å²) in [7, 11) is 0. The van der Waals surface area contributed by atoms with Crippen LogP contribution in [-0.4, -0.2) is 0 Å². The Hall–Kier alpha value is -6.44. The fraction of sp³-hybridized carbons (Fsp3) is 0. The van der Waals surface area contributed by atoms with Crippen LogP contribution in [0.1, 0.15) is 4.11 Å². The molecule has 0 aliphatic heterocycles. The van der Waals surface area contributed by atoms with E-state index in [1.165, 1.54) is 5.39 Å². The van der Waals surface area contributed by atoms with Gasteiger partial charge in [-0.05, 0) is 107 Å². The topological polar surface area (TPSA) is 13.1 Å². The van der Waals surface area contributed by atoms with Crippen LogP contribution in [0.2, 0.25) is 0 Å². The van der Waals surface area contributed by atoms with Gasteiger partial charge in [-0.15, -0.1) is 0 Å². The van der Waals surface area contributed by atoms with E-state index in [4.69, 9.17) is 4.42 Å². The normalized spacial score (nSPS) is 12.5. The maximum Gasteiger partial charge on any atom is 0.136 e. The highest BCUT2D eigenvalue weighted by Gasteiger charge is 2.19. The molecule has 0 N–H and O–H groups in total. The minimum Gasteiger partial charge on any atom is -0.456 e. The molecule has 0 atom stereocenters. The lowest BCUT2D eigenvalue weighted by Gasteiger charge is -2.19. The number of benzene rings is 9. The Bertz CT molecular complexity index is 2980. The smallest absolute Gasteiger partial charge is 0.136 e. The van der Waals surface area contributed by atoms with Crippen molar-refractivity contribution in [1.29, 1.82) is 0 Å². The van der Waals surface area contributed by atoms with Crippen LogP contribution in [0.4, 0.5) is 0 Å². The molecule has 1 heterocycles. The van der Waals surface area contributed by atoms with E-state index in [1.54, 1.807) is 0 Å². The van der Waals surface area contributed by atoms with E-state index >= 15 is 0 Å². The molecule has 10 rings (SSSR count). The zero-order valence-corrected chi connectivity index (χ0v) is 26.5. The number of furan rings is 1. The van der Waals surface area contributed by atoms with Crippen molar-refractivity contribution in [3.63, 3.8) is 0 Å². The van der Waals surface area contributed by atoms with Crippen molar-refractivity contribution in [3.8, 4) is 44.5 Å². The highest BCUT2D eigenvalue weighted by molar-refractivity contribution is 6.22. The summed E-state index contributed by atoms with van der Waals surface area (Å²) in [6, 6.07) is 55.7. The van der Waals surface area contributed by atoms with E-state index in [0.29, 0.717) is 16.7 Å². The minimum atomic E-state index is 0.0441. The average Bonchev–Trinajstić information content (AvgIpc) is 3.55. The summed E-state index contributed by atoms with van der Waals surface area (Å²) in [4.78, 5) is 0.